The second-order valence-corrected chi connectivity index (χ2v) is 4.32. The first kappa shape index (κ1) is 13.7. The van der Waals surface area contributed by atoms with E-state index >= 15 is 0 Å². The lowest BCUT2D eigenvalue weighted by Gasteiger charge is -2.15. The van der Waals surface area contributed by atoms with Crippen LogP contribution in [0.3, 0.4) is 0 Å². The molecule has 1 rings (SSSR count). The number of hydrogen-bond donors (Lipinski definition) is 0. The fraction of sp³-hybridized carbons (Fsp3) is 0.667. The van der Waals surface area contributed by atoms with Gasteiger partial charge in [-0.1, -0.05) is 0 Å². The van der Waals surface area contributed by atoms with Gasteiger partial charge in [-0.3, -0.25) is 9.48 Å². The molecular formula is C12H21N3O2. The Bertz CT molecular complexity index is 374. The summed E-state index contributed by atoms with van der Waals surface area (Å²) in [6.07, 6.45) is 1.30. The van der Waals surface area contributed by atoms with E-state index in [1.54, 1.807) is 0 Å². The van der Waals surface area contributed by atoms with Crippen LogP contribution in [0, 0.1) is 6.92 Å². The SMILES string of the molecule is COC(=O)CCCN(C)Cc1cc(C)nn1C. The molecule has 5 heteroatoms. The maximum atomic E-state index is 11.0. The molecule has 1 heterocycles. The van der Waals surface area contributed by atoms with E-state index in [1.165, 1.54) is 12.8 Å². The van der Waals surface area contributed by atoms with Crippen molar-refractivity contribution in [2.75, 3.05) is 20.7 Å². The molecule has 0 saturated heterocycles. The number of nitrogens with zero attached hydrogens (tertiary/aromatic N) is 3. The van der Waals surface area contributed by atoms with Crippen LogP contribution in [0.25, 0.3) is 0 Å². The molecule has 0 aliphatic rings. The molecule has 0 fully saturated rings. The summed E-state index contributed by atoms with van der Waals surface area (Å²) in [7, 11) is 5.41. The molecule has 0 spiro atoms. The number of carbonyl (C=O) groups is 1. The van der Waals surface area contributed by atoms with Gasteiger partial charge in [-0.15, -0.1) is 0 Å². The highest BCUT2D eigenvalue weighted by Crippen LogP contribution is 2.06. The third kappa shape index (κ3) is 4.56. The zero-order valence-corrected chi connectivity index (χ0v) is 11.1. The first-order valence-corrected chi connectivity index (χ1v) is 5.78. The predicted molar refractivity (Wildman–Crippen MR) is 65.5 cm³/mol. The number of aromatic nitrogens is 2. The monoisotopic (exact) mass is 239 g/mol. The van der Waals surface area contributed by atoms with Gasteiger partial charge in [0.25, 0.3) is 0 Å². The van der Waals surface area contributed by atoms with Gasteiger partial charge in [0, 0.05) is 20.0 Å². The Balaban J connectivity index is 2.32. The van der Waals surface area contributed by atoms with Crippen molar-refractivity contribution in [3.8, 4) is 0 Å². The fourth-order valence-electron chi connectivity index (χ4n) is 1.76. The van der Waals surface area contributed by atoms with Crippen molar-refractivity contribution in [2.45, 2.75) is 26.3 Å². The van der Waals surface area contributed by atoms with Crippen LogP contribution in [-0.4, -0.2) is 41.4 Å². The molecule has 0 radical (unpaired) electrons. The molecule has 0 amide bonds. The molecule has 0 atom stereocenters. The third-order valence-electron chi connectivity index (χ3n) is 2.68. The molecule has 0 unspecified atom stereocenters. The average molecular weight is 239 g/mol. The van der Waals surface area contributed by atoms with Crippen LogP contribution in [0.15, 0.2) is 6.07 Å². The number of ether oxygens (including phenoxy) is 1. The lowest BCUT2D eigenvalue weighted by molar-refractivity contribution is -0.140. The first-order valence-electron chi connectivity index (χ1n) is 5.78. The highest BCUT2D eigenvalue weighted by molar-refractivity contribution is 5.69. The summed E-state index contributed by atoms with van der Waals surface area (Å²) < 4.78 is 6.50. The normalized spacial score (nSPS) is 10.9. The van der Waals surface area contributed by atoms with Gasteiger partial charge in [0.2, 0.25) is 0 Å². The van der Waals surface area contributed by atoms with Crippen molar-refractivity contribution < 1.29 is 9.53 Å². The van der Waals surface area contributed by atoms with Crippen molar-refractivity contribution in [3.63, 3.8) is 0 Å². The van der Waals surface area contributed by atoms with E-state index in [-0.39, 0.29) is 5.97 Å². The number of esters is 1. The topological polar surface area (TPSA) is 47.4 Å². The fourth-order valence-corrected chi connectivity index (χ4v) is 1.76. The Morgan fingerprint density at radius 1 is 1.59 bits per heavy atom. The summed E-state index contributed by atoms with van der Waals surface area (Å²) in [6, 6.07) is 2.08. The molecule has 5 nitrogen and oxygen atoms in total. The summed E-state index contributed by atoms with van der Waals surface area (Å²) >= 11 is 0. The van der Waals surface area contributed by atoms with Gasteiger partial charge in [-0.25, -0.2) is 0 Å². The van der Waals surface area contributed by atoms with Gasteiger partial charge in [0.05, 0.1) is 18.5 Å². The van der Waals surface area contributed by atoms with E-state index in [1.807, 2.05) is 25.7 Å². The number of aryl methyl sites for hydroxylation is 2. The largest absolute Gasteiger partial charge is 0.469 e. The Morgan fingerprint density at radius 2 is 2.29 bits per heavy atom. The van der Waals surface area contributed by atoms with E-state index < -0.39 is 0 Å². The number of hydrogen-bond acceptors (Lipinski definition) is 4. The highest BCUT2D eigenvalue weighted by Gasteiger charge is 2.07. The molecule has 0 saturated carbocycles. The van der Waals surface area contributed by atoms with Crippen LogP contribution in [-0.2, 0) is 23.1 Å². The molecular weight excluding hydrogens is 218 g/mol. The minimum atomic E-state index is -0.144. The Kier molecular flexibility index (Phi) is 5.15. The van der Waals surface area contributed by atoms with Crippen molar-refractivity contribution in [1.29, 1.82) is 0 Å². The Hall–Kier alpha value is -1.36. The first-order chi connectivity index (χ1) is 8.02. The van der Waals surface area contributed by atoms with Crippen LogP contribution in [0.2, 0.25) is 0 Å². The van der Waals surface area contributed by atoms with Gasteiger partial charge in [0.15, 0.2) is 0 Å². The Labute approximate surface area is 102 Å². The maximum Gasteiger partial charge on any atom is 0.305 e. The summed E-state index contributed by atoms with van der Waals surface area (Å²) in [4.78, 5) is 13.1. The zero-order valence-electron chi connectivity index (χ0n) is 11.1. The van der Waals surface area contributed by atoms with Gasteiger partial charge in [-0.05, 0) is 33.0 Å². The molecule has 1 aromatic rings. The average Bonchev–Trinajstić information content (AvgIpc) is 2.57. The molecule has 0 bridgehead atoms. The molecule has 0 aromatic carbocycles. The minimum Gasteiger partial charge on any atom is -0.469 e. The second-order valence-electron chi connectivity index (χ2n) is 4.32. The van der Waals surface area contributed by atoms with Crippen LogP contribution < -0.4 is 0 Å². The standard InChI is InChI=1S/C12H21N3O2/c1-10-8-11(15(3)13-10)9-14(2)7-5-6-12(16)17-4/h8H,5-7,9H2,1-4H3. The lowest BCUT2D eigenvalue weighted by Crippen LogP contribution is -2.21. The number of methoxy groups -OCH3 is 1. The lowest BCUT2D eigenvalue weighted by atomic mass is 10.3. The summed E-state index contributed by atoms with van der Waals surface area (Å²) in [5.41, 5.74) is 2.22. The van der Waals surface area contributed by atoms with Crippen molar-refractivity contribution in [1.82, 2.24) is 14.7 Å². The molecule has 17 heavy (non-hydrogen) atoms. The van der Waals surface area contributed by atoms with Gasteiger partial charge in [0.1, 0.15) is 0 Å². The van der Waals surface area contributed by atoms with E-state index in [9.17, 15) is 4.79 Å². The summed E-state index contributed by atoms with van der Waals surface area (Å²) in [6.45, 7) is 3.71. The molecule has 0 aliphatic carbocycles. The maximum absolute atomic E-state index is 11.0. The number of carbonyl (C=O) groups excluding carboxylic acids is 1. The third-order valence-corrected chi connectivity index (χ3v) is 2.68. The van der Waals surface area contributed by atoms with Gasteiger partial charge >= 0.3 is 5.97 Å². The Morgan fingerprint density at radius 3 is 2.82 bits per heavy atom. The van der Waals surface area contributed by atoms with Gasteiger partial charge < -0.3 is 9.64 Å². The second kappa shape index (κ2) is 6.39. The van der Waals surface area contributed by atoms with Crippen LogP contribution >= 0.6 is 0 Å². The van der Waals surface area contributed by atoms with Crippen molar-refractivity contribution >= 4 is 5.97 Å². The smallest absolute Gasteiger partial charge is 0.305 e. The summed E-state index contributed by atoms with van der Waals surface area (Å²) in [5, 5.41) is 4.30. The van der Waals surface area contributed by atoms with Gasteiger partial charge in [-0.2, -0.15) is 5.10 Å². The van der Waals surface area contributed by atoms with Crippen LogP contribution in [0.4, 0.5) is 0 Å². The van der Waals surface area contributed by atoms with E-state index in [0.717, 1.165) is 25.2 Å². The van der Waals surface area contributed by atoms with E-state index in [2.05, 4.69) is 20.8 Å². The highest BCUT2D eigenvalue weighted by atomic mass is 16.5. The minimum absolute atomic E-state index is 0.144. The zero-order chi connectivity index (χ0) is 12.8. The summed E-state index contributed by atoms with van der Waals surface area (Å²) in [5.74, 6) is -0.144. The molecule has 0 aliphatic heterocycles. The molecule has 1 aromatic heterocycles. The van der Waals surface area contributed by atoms with E-state index in [4.69, 9.17) is 0 Å². The predicted octanol–water partition coefficient (Wildman–Crippen LogP) is 1.11. The van der Waals surface area contributed by atoms with Crippen molar-refractivity contribution in [3.05, 3.63) is 17.5 Å². The molecule has 96 valence electrons. The number of rotatable bonds is 6. The van der Waals surface area contributed by atoms with E-state index in [0.29, 0.717) is 6.42 Å². The van der Waals surface area contributed by atoms with Crippen molar-refractivity contribution in [2.24, 2.45) is 7.05 Å². The quantitative estimate of drug-likeness (QED) is 0.698. The van der Waals surface area contributed by atoms with Crippen LogP contribution in [0.1, 0.15) is 24.2 Å². The molecule has 0 N–H and O–H groups in total. The van der Waals surface area contributed by atoms with Crippen LogP contribution in [0.5, 0.6) is 0 Å².